The summed E-state index contributed by atoms with van der Waals surface area (Å²) in [6.45, 7) is 10.6. The number of nitrogens with zero attached hydrogens (tertiary/aromatic N) is 1. The lowest BCUT2D eigenvalue weighted by Crippen LogP contribution is -2.30. The molecule has 24 heavy (non-hydrogen) atoms. The van der Waals surface area contributed by atoms with Crippen molar-refractivity contribution in [3.63, 3.8) is 0 Å². The first-order chi connectivity index (χ1) is 11.3. The molecule has 1 aliphatic heterocycles. The Morgan fingerprint density at radius 1 is 1.12 bits per heavy atom. The van der Waals surface area contributed by atoms with Gasteiger partial charge in [-0.1, -0.05) is 56.0 Å². The molecule has 1 aromatic rings. The van der Waals surface area contributed by atoms with Crippen LogP contribution in [0.15, 0.2) is 43.0 Å². The van der Waals surface area contributed by atoms with E-state index in [1.54, 1.807) is 6.08 Å². The van der Waals surface area contributed by atoms with Gasteiger partial charge in [0.15, 0.2) is 0 Å². The van der Waals surface area contributed by atoms with Gasteiger partial charge in [-0.3, -0.25) is 14.5 Å². The quantitative estimate of drug-likeness (QED) is 0.355. The van der Waals surface area contributed by atoms with Gasteiger partial charge in [0.05, 0.1) is 18.4 Å². The second-order valence-corrected chi connectivity index (χ2v) is 12.0. The van der Waals surface area contributed by atoms with Crippen LogP contribution in [0.2, 0.25) is 19.6 Å². The van der Waals surface area contributed by atoms with Crippen molar-refractivity contribution in [2.45, 2.75) is 39.0 Å². The number of likely N-dealkylation sites (tertiary alicyclic amines) is 1. The highest BCUT2D eigenvalue weighted by atomic mass is 28.3. The monoisotopic (exact) mass is 339 g/mol. The largest absolute Gasteiger partial charge is 0.278 e. The van der Waals surface area contributed by atoms with E-state index in [2.05, 4.69) is 37.7 Å². The second kappa shape index (κ2) is 7.63. The van der Waals surface area contributed by atoms with Crippen LogP contribution in [0.1, 0.15) is 18.4 Å². The van der Waals surface area contributed by atoms with E-state index in [4.69, 9.17) is 0 Å². The molecule has 1 saturated heterocycles. The zero-order chi connectivity index (χ0) is 17.7. The van der Waals surface area contributed by atoms with Crippen LogP contribution >= 0.6 is 0 Å². The lowest BCUT2D eigenvalue weighted by molar-refractivity contribution is -0.140. The van der Waals surface area contributed by atoms with Crippen molar-refractivity contribution >= 4 is 19.9 Å². The van der Waals surface area contributed by atoms with Gasteiger partial charge in [-0.2, -0.15) is 0 Å². The molecule has 3 nitrogen and oxygen atoms in total. The van der Waals surface area contributed by atoms with Gasteiger partial charge >= 0.3 is 0 Å². The van der Waals surface area contributed by atoms with Crippen LogP contribution in [-0.4, -0.2) is 24.8 Å². The standard InChI is InChI=1S/C20H25NO2Si/c1-5-10-17-18(13-9-14-24(2,3)4)20(23)21(19(17)22)15-16-11-7-6-8-12-16/h5-8,11-12,17-18H,1,10,13,15H2,2-4H3/t17-,18-/m0/s1. The van der Waals surface area contributed by atoms with Crippen molar-refractivity contribution in [2.24, 2.45) is 11.8 Å². The molecule has 2 atom stereocenters. The fraction of sp³-hybridized carbons (Fsp3) is 0.400. The molecule has 4 heteroatoms. The average molecular weight is 340 g/mol. The summed E-state index contributed by atoms with van der Waals surface area (Å²) in [5.41, 5.74) is 4.26. The minimum Gasteiger partial charge on any atom is -0.278 e. The highest BCUT2D eigenvalue weighted by Gasteiger charge is 2.46. The third-order valence-electron chi connectivity index (χ3n) is 4.04. The Hall–Kier alpha value is -2.12. The van der Waals surface area contributed by atoms with Gasteiger partial charge in [0.25, 0.3) is 0 Å². The van der Waals surface area contributed by atoms with E-state index in [0.717, 1.165) is 5.56 Å². The van der Waals surface area contributed by atoms with Crippen LogP contribution in [0.5, 0.6) is 0 Å². The van der Waals surface area contributed by atoms with Crippen LogP contribution in [0.25, 0.3) is 0 Å². The number of amides is 2. The predicted molar refractivity (Wildman–Crippen MR) is 99.5 cm³/mol. The number of benzene rings is 1. The molecule has 0 aliphatic carbocycles. The molecule has 1 aliphatic rings. The van der Waals surface area contributed by atoms with Gasteiger partial charge in [-0.05, 0) is 12.0 Å². The average Bonchev–Trinajstić information content (AvgIpc) is 2.73. The number of carbonyl (C=O) groups is 2. The molecule has 2 amide bonds. The van der Waals surface area contributed by atoms with E-state index in [9.17, 15) is 9.59 Å². The van der Waals surface area contributed by atoms with Gasteiger partial charge in [-0.15, -0.1) is 18.0 Å². The summed E-state index contributed by atoms with van der Waals surface area (Å²) in [6, 6.07) is 9.62. The number of rotatable bonds is 5. The van der Waals surface area contributed by atoms with Crippen LogP contribution in [0.3, 0.4) is 0 Å². The summed E-state index contributed by atoms with van der Waals surface area (Å²) < 4.78 is 0. The minimum absolute atomic E-state index is 0.0939. The Morgan fingerprint density at radius 2 is 1.75 bits per heavy atom. The van der Waals surface area contributed by atoms with E-state index in [0.29, 0.717) is 19.4 Å². The Balaban J connectivity index is 2.19. The number of imide groups is 1. The van der Waals surface area contributed by atoms with E-state index < -0.39 is 8.07 Å². The first-order valence-electron chi connectivity index (χ1n) is 8.33. The lowest BCUT2D eigenvalue weighted by Gasteiger charge is -2.14. The zero-order valence-electron chi connectivity index (χ0n) is 14.7. The van der Waals surface area contributed by atoms with Crippen molar-refractivity contribution in [3.05, 3.63) is 48.6 Å². The molecule has 0 radical (unpaired) electrons. The Morgan fingerprint density at radius 3 is 2.33 bits per heavy atom. The van der Waals surface area contributed by atoms with Gasteiger partial charge in [0, 0.05) is 6.42 Å². The summed E-state index contributed by atoms with van der Waals surface area (Å²) in [4.78, 5) is 26.9. The molecule has 0 unspecified atom stereocenters. The minimum atomic E-state index is -1.48. The summed E-state index contributed by atoms with van der Waals surface area (Å²) in [5, 5.41) is 0. The maximum absolute atomic E-state index is 12.8. The first kappa shape index (κ1) is 18.2. The molecule has 2 rings (SSSR count). The third kappa shape index (κ3) is 4.45. The number of carbonyl (C=O) groups excluding carboxylic acids is 2. The Kier molecular flexibility index (Phi) is 5.79. The van der Waals surface area contributed by atoms with Gasteiger partial charge in [0.1, 0.15) is 8.07 Å². The van der Waals surface area contributed by atoms with Crippen molar-refractivity contribution in [2.75, 3.05) is 0 Å². The van der Waals surface area contributed by atoms with Gasteiger partial charge < -0.3 is 0 Å². The summed E-state index contributed by atoms with van der Waals surface area (Å²) in [7, 11) is -1.48. The molecule has 0 spiro atoms. The van der Waals surface area contributed by atoms with Crippen LogP contribution in [0, 0.1) is 23.3 Å². The normalized spacial score (nSPS) is 20.7. The SMILES string of the molecule is C=CC[C@@H]1C(=O)N(Cc2ccccc2)C(=O)[C@H]1CC#C[Si](C)(C)C. The highest BCUT2D eigenvalue weighted by Crippen LogP contribution is 2.32. The number of allylic oxidation sites excluding steroid dienone is 1. The van der Waals surface area contributed by atoms with Crippen molar-refractivity contribution < 1.29 is 9.59 Å². The zero-order valence-corrected chi connectivity index (χ0v) is 15.7. The van der Waals surface area contributed by atoms with Crippen LogP contribution in [-0.2, 0) is 16.1 Å². The molecule has 0 aromatic heterocycles. The van der Waals surface area contributed by atoms with Crippen LogP contribution in [0.4, 0.5) is 0 Å². The van der Waals surface area contributed by atoms with Gasteiger partial charge in [-0.25, -0.2) is 0 Å². The molecule has 126 valence electrons. The maximum Gasteiger partial charge on any atom is 0.234 e. The molecule has 0 N–H and O–H groups in total. The summed E-state index contributed by atoms with van der Waals surface area (Å²) in [6.07, 6.45) is 2.70. The molecule has 1 heterocycles. The lowest BCUT2D eigenvalue weighted by atomic mass is 9.89. The molecular weight excluding hydrogens is 314 g/mol. The second-order valence-electron chi connectivity index (χ2n) is 7.24. The van der Waals surface area contributed by atoms with E-state index in [1.165, 1.54) is 4.90 Å². The van der Waals surface area contributed by atoms with Crippen molar-refractivity contribution in [1.29, 1.82) is 0 Å². The smallest absolute Gasteiger partial charge is 0.234 e. The Bertz CT molecular complexity index is 679. The molecule has 0 saturated carbocycles. The highest BCUT2D eigenvalue weighted by molar-refractivity contribution is 6.83. The predicted octanol–water partition coefficient (Wildman–Crippen LogP) is 3.63. The maximum atomic E-state index is 12.8. The van der Waals surface area contributed by atoms with Crippen molar-refractivity contribution in [3.8, 4) is 11.5 Å². The molecular formula is C20H25NO2Si. The summed E-state index contributed by atoms with van der Waals surface area (Å²) >= 11 is 0. The fourth-order valence-corrected chi connectivity index (χ4v) is 3.51. The third-order valence-corrected chi connectivity index (χ3v) is 4.97. The number of hydrogen-bond donors (Lipinski definition) is 0. The molecule has 0 bridgehead atoms. The van der Waals surface area contributed by atoms with Crippen LogP contribution < -0.4 is 0 Å². The fourth-order valence-electron chi connectivity index (χ4n) is 2.88. The summed E-state index contributed by atoms with van der Waals surface area (Å²) in [5.74, 6) is 2.31. The van der Waals surface area contributed by atoms with E-state index in [1.807, 2.05) is 30.3 Å². The Labute approximate surface area is 145 Å². The molecule has 1 fully saturated rings. The van der Waals surface area contributed by atoms with Gasteiger partial charge in [0.2, 0.25) is 11.8 Å². The topological polar surface area (TPSA) is 37.4 Å². The van der Waals surface area contributed by atoms with Crippen molar-refractivity contribution in [1.82, 2.24) is 4.90 Å². The molecule has 1 aromatic carbocycles. The number of hydrogen-bond acceptors (Lipinski definition) is 2. The first-order valence-corrected chi connectivity index (χ1v) is 11.8. The van der Waals surface area contributed by atoms with E-state index >= 15 is 0 Å². The van der Waals surface area contributed by atoms with E-state index in [-0.39, 0.29) is 23.7 Å².